The van der Waals surface area contributed by atoms with Crippen LogP contribution in [0.2, 0.25) is 0 Å². The summed E-state index contributed by atoms with van der Waals surface area (Å²) in [6.45, 7) is 11.0. The van der Waals surface area contributed by atoms with Gasteiger partial charge in [-0.1, -0.05) is 27.7 Å². The minimum absolute atomic E-state index is 0.305. The van der Waals surface area contributed by atoms with Crippen LogP contribution in [0.3, 0.4) is 0 Å². The highest BCUT2D eigenvalue weighted by Crippen LogP contribution is 2.49. The van der Waals surface area contributed by atoms with E-state index in [9.17, 15) is 0 Å². The summed E-state index contributed by atoms with van der Waals surface area (Å²) in [5.74, 6) is 0.712. The maximum Gasteiger partial charge on any atom is 0.0555 e. The summed E-state index contributed by atoms with van der Waals surface area (Å²) in [5, 5.41) is 0.305. The fourth-order valence-electron chi connectivity index (χ4n) is 1.77. The van der Waals surface area contributed by atoms with Crippen molar-refractivity contribution in [2.75, 3.05) is 13.2 Å². The van der Waals surface area contributed by atoms with Gasteiger partial charge in [-0.25, -0.2) is 0 Å². The van der Waals surface area contributed by atoms with Crippen molar-refractivity contribution in [2.45, 2.75) is 32.9 Å². The van der Waals surface area contributed by atoms with Crippen LogP contribution in [-0.2, 0) is 4.74 Å². The highest BCUT2D eigenvalue weighted by Gasteiger charge is 2.50. The molecule has 1 heterocycles. The molecule has 0 aliphatic carbocycles. The summed E-state index contributed by atoms with van der Waals surface area (Å²) in [6, 6.07) is 0. The summed E-state index contributed by atoms with van der Waals surface area (Å²) in [6.07, 6.45) is 0. The Kier molecular flexibility index (Phi) is 2.33. The van der Waals surface area contributed by atoms with E-state index in [-0.39, 0.29) is 0 Å². The van der Waals surface area contributed by atoms with Gasteiger partial charge in [0.05, 0.1) is 13.2 Å². The van der Waals surface area contributed by atoms with E-state index in [0.29, 0.717) is 16.5 Å². The second-order valence-corrected chi connectivity index (χ2v) is 5.97. The predicted molar refractivity (Wildman–Crippen MR) is 51.9 cm³/mol. The topological polar surface area (TPSA) is 9.23 Å². The number of hydrogen-bond donors (Lipinski definition) is 0. The van der Waals surface area contributed by atoms with Crippen molar-refractivity contribution in [1.82, 2.24) is 0 Å². The fourth-order valence-corrected chi connectivity index (χ4v) is 2.27. The number of ether oxygens (including phenoxy) is 1. The van der Waals surface area contributed by atoms with Crippen LogP contribution in [0.15, 0.2) is 0 Å². The molecule has 0 aromatic heterocycles. The van der Waals surface area contributed by atoms with Crippen LogP contribution in [0, 0.1) is 11.3 Å². The largest absolute Gasteiger partial charge is 0.380 e. The van der Waals surface area contributed by atoms with Crippen LogP contribution >= 0.6 is 9.24 Å². The van der Waals surface area contributed by atoms with E-state index in [4.69, 9.17) is 4.74 Å². The van der Waals surface area contributed by atoms with Crippen molar-refractivity contribution >= 4 is 9.24 Å². The molecule has 0 aromatic rings. The van der Waals surface area contributed by atoms with Gasteiger partial charge in [0.15, 0.2) is 0 Å². The van der Waals surface area contributed by atoms with Gasteiger partial charge < -0.3 is 4.74 Å². The standard InChI is InChI=1S/C9H19OP/c1-7(2)9(5-10-6-9)8(3,4)11/h7H,5-6,11H2,1-4H3. The van der Waals surface area contributed by atoms with Gasteiger partial charge in [-0.05, 0) is 11.1 Å². The highest BCUT2D eigenvalue weighted by molar-refractivity contribution is 7.19. The first-order valence-corrected chi connectivity index (χ1v) is 4.84. The molecule has 2 heteroatoms. The Balaban J connectivity index is 2.76. The van der Waals surface area contributed by atoms with Gasteiger partial charge in [-0.15, -0.1) is 9.24 Å². The van der Waals surface area contributed by atoms with E-state index in [2.05, 4.69) is 36.9 Å². The molecule has 1 atom stereocenters. The van der Waals surface area contributed by atoms with Crippen LogP contribution in [0.1, 0.15) is 27.7 Å². The smallest absolute Gasteiger partial charge is 0.0555 e. The second kappa shape index (κ2) is 2.71. The summed E-state index contributed by atoms with van der Waals surface area (Å²) in [5.41, 5.74) is 0.400. The van der Waals surface area contributed by atoms with Crippen LogP contribution in [0.4, 0.5) is 0 Å². The molecule has 66 valence electrons. The molecular formula is C9H19OP. The lowest BCUT2D eigenvalue weighted by molar-refractivity contribution is -0.154. The molecule has 1 aliphatic heterocycles. The molecule has 11 heavy (non-hydrogen) atoms. The van der Waals surface area contributed by atoms with Gasteiger partial charge in [0.2, 0.25) is 0 Å². The molecule has 1 fully saturated rings. The molecule has 0 bridgehead atoms. The minimum Gasteiger partial charge on any atom is -0.380 e. The molecule has 0 amide bonds. The zero-order chi connectivity index (χ0) is 8.70. The molecule has 0 spiro atoms. The lowest BCUT2D eigenvalue weighted by atomic mass is 9.67. The number of rotatable bonds is 2. The number of hydrogen-bond acceptors (Lipinski definition) is 1. The Hall–Kier alpha value is 0.390. The molecule has 0 N–H and O–H groups in total. The SMILES string of the molecule is CC(C)C1(C(C)(C)P)COC1. The van der Waals surface area contributed by atoms with Crippen molar-refractivity contribution in [1.29, 1.82) is 0 Å². The van der Waals surface area contributed by atoms with Gasteiger partial charge in [-0.2, -0.15) is 0 Å². The molecular weight excluding hydrogens is 155 g/mol. The van der Waals surface area contributed by atoms with Gasteiger partial charge in [-0.3, -0.25) is 0 Å². The quantitative estimate of drug-likeness (QED) is 0.584. The maximum atomic E-state index is 5.31. The monoisotopic (exact) mass is 174 g/mol. The normalized spacial score (nSPS) is 23.5. The third kappa shape index (κ3) is 1.34. The summed E-state index contributed by atoms with van der Waals surface area (Å²) in [7, 11) is 2.95. The summed E-state index contributed by atoms with van der Waals surface area (Å²) < 4.78 is 5.31. The van der Waals surface area contributed by atoms with E-state index >= 15 is 0 Å². The third-order valence-corrected chi connectivity index (χ3v) is 3.68. The molecule has 1 saturated heterocycles. The first-order chi connectivity index (χ1) is 4.90. The van der Waals surface area contributed by atoms with Crippen molar-refractivity contribution in [3.05, 3.63) is 0 Å². The summed E-state index contributed by atoms with van der Waals surface area (Å²) in [4.78, 5) is 0. The second-order valence-electron chi connectivity index (χ2n) is 4.53. The van der Waals surface area contributed by atoms with Crippen molar-refractivity contribution in [2.24, 2.45) is 11.3 Å². The average Bonchev–Trinajstić information content (AvgIpc) is 1.52. The van der Waals surface area contributed by atoms with Gasteiger partial charge in [0, 0.05) is 5.41 Å². The van der Waals surface area contributed by atoms with Gasteiger partial charge in [0.1, 0.15) is 0 Å². The molecule has 1 rings (SSSR count). The molecule has 1 aliphatic rings. The molecule has 1 unspecified atom stereocenters. The van der Waals surface area contributed by atoms with E-state index in [1.54, 1.807) is 0 Å². The van der Waals surface area contributed by atoms with E-state index in [0.717, 1.165) is 13.2 Å². The predicted octanol–water partition coefficient (Wildman–Crippen LogP) is 2.31. The van der Waals surface area contributed by atoms with Crippen molar-refractivity contribution in [3.8, 4) is 0 Å². The lowest BCUT2D eigenvalue weighted by Crippen LogP contribution is -2.57. The van der Waals surface area contributed by atoms with E-state index in [1.807, 2.05) is 0 Å². The third-order valence-electron chi connectivity index (χ3n) is 3.11. The first-order valence-electron chi connectivity index (χ1n) is 4.27. The zero-order valence-electron chi connectivity index (χ0n) is 7.98. The highest BCUT2D eigenvalue weighted by atomic mass is 31.0. The molecule has 0 radical (unpaired) electrons. The van der Waals surface area contributed by atoms with E-state index in [1.165, 1.54) is 0 Å². The van der Waals surface area contributed by atoms with Crippen LogP contribution in [0.5, 0.6) is 0 Å². The summed E-state index contributed by atoms with van der Waals surface area (Å²) >= 11 is 0. The van der Waals surface area contributed by atoms with Gasteiger partial charge in [0.25, 0.3) is 0 Å². The van der Waals surface area contributed by atoms with Crippen LogP contribution < -0.4 is 0 Å². The first kappa shape index (κ1) is 9.48. The minimum atomic E-state index is 0.305. The molecule has 1 nitrogen and oxygen atoms in total. The average molecular weight is 174 g/mol. The Morgan fingerprint density at radius 2 is 1.82 bits per heavy atom. The maximum absolute atomic E-state index is 5.31. The Labute approximate surface area is 72.1 Å². The zero-order valence-corrected chi connectivity index (χ0v) is 9.13. The Morgan fingerprint density at radius 1 is 1.36 bits per heavy atom. The molecule has 0 saturated carbocycles. The Morgan fingerprint density at radius 3 is 1.82 bits per heavy atom. The molecule has 0 aromatic carbocycles. The fraction of sp³-hybridized carbons (Fsp3) is 1.00. The van der Waals surface area contributed by atoms with Crippen molar-refractivity contribution < 1.29 is 4.74 Å². The van der Waals surface area contributed by atoms with Gasteiger partial charge >= 0.3 is 0 Å². The lowest BCUT2D eigenvalue weighted by Gasteiger charge is -2.53. The van der Waals surface area contributed by atoms with Crippen LogP contribution in [0.25, 0.3) is 0 Å². The van der Waals surface area contributed by atoms with E-state index < -0.39 is 0 Å². The van der Waals surface area contributed by atoms with Crippen LogP contribution in [-0.4, -0.2) is 18.4 Å². The van der Waals surface area contributed by atoms with Crippen molar-refractivity contribution in [3.63, 3.8) is 0 Å². The Bertz CT molecular complexity index is 142.